The zero-order chi connectivity index (χ0) is 15.2. The average molecular weight is 285 g/mol. The number of amides is 1. The van der Waals surface area contributed by atoms with Crippen molar-refractivity contribution in [2.45, 2.75) is 84.5 Å². The van der Waals surface area contributed by atoms with Crippen molar-refractivity contribution < 1.29 is 14.3 Å². The van der Waals surface area contributed by atoms with Gasteiger partial charge in [0.15, 0.2) is 0 Å². The van der Waals surface area contributed by atoms with Gasteiger partial charge in [0, 0.05) is 0 Å². The van der Waals surface area contributed by atoms with Gasteiger partial charge >= 0.3 is 6.09 Å². The first kappa shape index (κ1) is 17.3. The largest absolute Gasteiger partial charge is 0.444 e. The van der Waals surface area contributed by atoms with E-state index in [1.54, 1.807) is 4.90 Å². The normalized spacial score (nSPS) is 17.8. The molecule has 0 N–H and O–H groups in total. The average Bonchev–Trinajstić information content (AvgIpc) is 2.27. The smallest absolute Gasteiger partial charge is 0.410 e. The van der Waals surface area contributed by atoms with Gasteiger partial charge in [-0.2, -0.15) is 0 Å². The lowest BCUT2D eigenvalue weighted by molar-refractivity contribution is -0.0973. The van der Waals surface area contributed by atoms with E-state index in [2.05, 4.69) is 13.8 Å². The number of hydrogen-bond donors (Lipinski definition) is 0. The molecule has 1 rings (SSSR count). The number of ether oxygens (including phenoxy) is 2. The predicted octanol–water partition coefficient (Wildman–Crippen LogP) is 3.98. The van der Waals surface area contributed by atoms with E-state index in [-0.39, 0.29) is 12.2 Å². The van der Waals surface area contributed by atoms with Gasteiger partial charge in [-0.05, 0) is 33.6 Å². The van der Waals surface area contributed by atoms with E-state index in [1.807, 2.05) is 20.8 Å². The Kier molecular flexibility index (Phi) is 6.80. The van der Waals surface area contributed by atoms with Gasteiger partial charge in [-0.15, -0.1) is 0 Å². The molecule has 0 radical (unpaired) electrons. The zero-order valence-corrected chi connectivity index (χ0v) is 13.8. The van der Waals surface area contributed by atoms with E-state index in [9.17, 15) is 4.79 Å². The summed E-state index contributed by atoms with van der Waals surface area (Å²) in [6.07, 6.45) is 6.14. The molecule has 0 aromatic carbocycles. The highest BCUT2D eigenvalue weighted by Crippen LogP contribution is 2.21. The molecule has 4 nitrogen and oxygen atoms in total. The van der Waals surface area contributed by atoms with Gasteiger partial charge in [0.2, 0.25) is 0 Å². The summed E-state index contributed by atoms with van der Waals surface area (Å²) < 4.78 is 11.4. The Morgan fingerprint density at radius 1 is 1.20 bits per heavy atom. The Labute approximate surface area is 123 Å². The van der Waals surface area contributed by atoms with Crippen LogP contribution in [0.2, 0.25) is 0 Å². The van der Waals surface area contributed by atoms with E-state index in [0.717, 1.165) is 19.3 Å². The Hall–Kier alpha value is -0.770. The van der Waals surface area contributed by atoms with Gasteiger partial charge in [0.25, 0.3) is 0 Å². The van der Waals surface area contributed by atoms with Crippen LogP contribution in [0.1, 0.15) is 66.7 Å². The number of rotatable bonds is 7. The van der Waals surface area contributed by atoms with Gasteiger partial charge in [-0.3, -0.25) is 0 Å². The predicted molar refractivity (Wildman–Crippen MR) is 80.9 cm³/mol. The summed E-state index contributed by atoms with van der Waals surface area (Å²) in [7, 11) is 0. The molecule has 0 saturated carbocycles. The first-order valence-corrected chi connectivity index (χ1v) is 7.99. The SMILES string of the molecule is CCCCC(CCC)OC1CN(C(=O)OC(C)(C)C)C1. The van der Waals surface area contributed by atoms with Crippen molar-refractivity contribution in [2.24, 2.45) is 0 Å². The number of likely N-dealkylation sites (tertiary alicyclic amines) is 1. The fourth-order valence-corrected chi connectivity index (χ4v) is 2.31. The van der Waals surface area contributed by atoms with Crippen LogP contribution < -0.4 is 0 Å². The van der Waals surface area contributed by atoms with E-state index in [4.69, 9.17) is 9.47 Å². The topological polar surface area (TPSA) is 38.8 Å². The third kappa shape index (κ3) is 6.12. The molecule has 1 amide bonds. The fourth-order valence-electron chi connectivity index (χ4n) is 2.31. The van der Waals surface area contributed by atoms with Gasteiger partial charge in [-0.1, -0.05) is 33.1 Å². The number of unbranched alkanes of at least 4 members (excludes halogenated alkanes) is 1. The molecule has 1 unspecified atom stereocenters. The van der Waals surface area contributed by atoms with Crippen molar-refractivity contribution in [2.75, 3.05) is 13.1 Å². The second-order valence-corrected chi connectivity index (χ2v) is 6.70. The molecule has 1 aliphatic rings. The molecule has 0 aromatic heterocycles. The van der Waals surface area contributed by atoms with Crippen LogP contribution in [0, 0.1) is 0 Å². The van der Waals surface area contributed by atoms with Crippen molar-refractivity contribution in [3.05, 3.63) is 0 Å². The van der Waals surface area contributed by atoms with Gasteiger partial charge in [0.05, 0.1) is 25.3 Å². The van der Waals surface area contributed by atoms with Crippen LogP contribution in [0.3, 0.4) is 0 Å². The summed E-state index contributed by atoms with van der Waals surface area (Å²) in [5, 5.41) is 0. The molecule has 20 heavy (non-hydrogen) atoms. The zero-order valence-electron chi connectivity index (χ0n) is 13.8. The molecule has 0 bridgehead atoms. The lowest BCUT2D eigenvalue weighted by atomic mass is 10.1. The molecule has 0 aromatic rings. The van der Waals surface area contributed by atoms with E-state index >= 15 is 0 Å². The van der Waals surface area contributed by atoms with Crippen molar-refractivity contribution in [3.8, 4) is 0 Å². The van der Waals surface area contributed by atoms with Crippen LogP contribution in [0.15, 0.2) is 0 Å². The Morgan fingerprint density at radius 3 is 2.35 bits per heavy atom. The molecule has 4 heteroatoms. The summed E-state index contributed by atoms with van der Waals surface area (Å²) in [4.78, 5) is 13.5. The van der Waals surface area contributed by atoms with Gasteiger partial charge in [0.1, 0.15) is 5.60 Å². The third-order valence-electron chi connectivity index (χ3n) is 3.37. The maximum Gasteiger partial charge on any atom is 0.410 e. The van der Waals surface area contributed by atoms with Crippen LogP contribution in [0.5, 0.6) is 0 Å². The molecular weight excluding hydrogens is 254 g/mol. The summed E-state index contributed by atoms with van der Waals surface area (Å²) in [6, 6.07) is 0. The van der Waals surface area contributed by atoms with E-state index in [0.29, 0.717) is 19.2 Å². The van der Waals surface area contributed by atoms with Crippen LogP contribution in [0.25, 0.3) is 0 Å². The molecule has 1 saturated heterocycles. The maximum atomic E-state index is 11.8. The van der Waals surface area contributed by atoms with Crippen molar-refractivity contribution in [1.29, 1.82) is 0 Å². The van der Waals surface area contributed by atoms with Crippen LogP contribution >= 0.6 is 0 Å². The maximum absolute atomic E-state index is 11.8. The first-order valence-electron chi connectivity index (χ1n) is 7.99. The quantitative estimate of drug-likeness (QED) is 0.710. The minimum Gasteiger partial charge on any atom is -0.444 e. The van der Waals surface area contributed by atoms with Crippen molar-refractivity contribution >= 4 is 6.09 Å². The molecule has 0 aliphatic carbocycles. The lowest BCUT2D eigenvalue weighted by Crippen LogP contribution is -2.56. The van der Waals surface area contributed by atoms with Crippen molar-refractivity contribution in [3.63, 3.8) is 0 Å². The monoisotopic (exact) mass is 285 g/mol. The van der Waals surface area contributed by atoms with E-state index < -0.39 is 5.60 Å². The molecule has 1 fully saturated rings. The Balaban J connectivity index is 2.27. The first-order chi connectivity index (χ1) is 9.35. The van der Waals surface area contributed by atoms with Crippen LogP contribution in [0.4, 0.5) is 4.79 Å². The summed E-state index contributed by atoms with van der Waals surface area (Å²) >= 11 is 0. The minimum atomic E-state index is -0.422. The summed E-state index contributed by atoms with van der Waals surface area (Å²) in [6.45, 7) is 11.4. The number of nitrogens with zero attached hydrogens (tertiary/aromatic N) is 1. The van der Waals surface area contributed by atoms with Gasteiger partial charge in [-0.25, -0.2) is 4.79 Å². The van der Waals surface area contributed by atoms with Crippen LogP contribution in [-0.4, -0.2) is 41.9 Å². The van der Waals surface area contributed by atoms with Crippen molar-refractivity contribution in [1.82, 2.24) is 4.90 Å². The second kappa shape index (κ2) is 7.87. The summed E-state index contributed by atoms with van der Waals surface area (Å²) in [5.41, 5.74) is -0.422. The lowest BCUT2D eigenvalue weighted by Gasteiger charge is -2.41. The van der Waals surface area contributed by atoms with Crippen LogP contribution in [-0.2, 0) is 9.47 Å². The number of hydrogen-bond acceptors (Lipinski definition) is 3. The number of carbonyl (C=O) groups excluding carboxylic acids is 1. The third-order valence-corrected chi connectivity index (χ3v) is 3.37. The van der Waals surface area contributed by atoms with Gasteiger partial charge < -0.3 is 14.4 Å². The van der Waals surface area contributed by atoms with E-state index in [1.165, 1.54) is 12.8 Å². The Morgan fingerprint density at radius 2 is 1.85 bits per heavy atom. The molecule has 0 spiro atoms. The molecular formula is C16H31NO3. The molecule has 1 atom stereocenters. The second-order valence-electron chi connectivity index (χ2n) is 6.70. The highest BCUT2D eigenvalue weighted by Gasteiger charge is 2.35. The standard InChI is InChI=1S/C16H31NO3/c1-6-8-10-13(9-7-2)19-14-11-17(12-14)15(18)20-16(3,4)5/h13-14H,6-12H2,1-5H3. The number of carbonyl (C=O) groups is 1. The highest BCUT2D eigenvalue weighted by atomic mass is 16.6. The minimum absolute atomic E-state index is 0.191. The molecule has 1 aliphatic heterocycles. The highest BCUT2D eigenvalue weighted by molar-refractivity contribution is 5.69. The molecule has 118 valence electrons. The molecule has 1 heterocycles. The Bertz CT molecular complexity index is 293. The fraction of sp³-hybridized carbons (Fsp3) is 0.938. The summed E-state index contributed by atoms with van der Waals surface area (Å²) in [5.74, 6) is 0.